The monoisotopic (exact) mass is 519 g/mol. The van der Waals surface area contributed by atoms with Crippen LogP contribution in [-0.2, 0) is 6.42 Å². The molecule has 2 rings (SSSR count). The molecule has 136 valence electrons. The minimum absolute atomic E-state index is 0. The van der Waals surface area contributed by atoms with E-state index in [0.717, 1.165) is 40.1 Å². The highest BCUT2D eigenvalue weighted by molar-refractivity contribution is 14.0. The maximum absolute atomic E-state index is 5.91. The zero-order valence-corrected chi connectivity index (χ0v) is 18.2. The molecule has 25 heavy (non-hydrogen) atoms. The van der Waals surface area contributed by atoms with Crippen LogP contribution in [-0.4, -0.2) is 26.7 Å². The van der Waals surface area contributed by atoms with Crippen LogP contribution in [0.3, 0.4) is 0 Å². The zero-order chi connectivity index (χ0) is 17.4. The summed E-state index contributed by atoms with van der Waals surface area (Å²) < 4.78 is 11.5. The van der Waals surface area contributed by atoms with Gasteiger partial charge in [-0.05, 0) is 54.8 Å². The fourth-order valence-electron chi connectivity index (χ4n) is 2.26. The number of guanidine groups is 1. The third kappa shape index (κ3) is 7.11. The highest BCUT2D eigenvalue weighted by Gasteiger charge is 2.03. The van der Waals surface area contributed by atoms with E-state index >= 15 is 0 Å². The quantitative estimate of drug-likeness (QED) is 0.245. The lowest BCUT2D eigenvalue weighted by atomic mass is 10.1. The molecule has 3 N–H and O–H groups in total. The molecule has 0 aliphatic rings. The van der Waals surface area contributed by atoms with E-state index in [0.29, 0.717) is 12.5 Å². The Morgan fingerprint density at radius 3 is 2.48 bits per heavy atom. The number of nitrogens with two attached hydrogens (primary N) is 1. The normalized spacial score (nSPS) is 10.8. The molecule has 0 heterocycles. The molecular formula is C18H23BrIN3O2. The van der Waals surface area contributed by atoms with E-state index in [2.05, 4.69) is 32.3 Å². The smallest absolute Gasteiger partial charge is 0.193 e. The van der Waals surface area contributed by atoms with Crippen molar-refractivity contribution in [3.63, 3.8) is 0 Å². The van der Waals surface area contributed by atoms with Crippen molar-refractivity contribution in [2.24, 2.45) is 10.7 Å². The number of halogens is 2. The van der Waals surface area contributed by atoms with Crippen LogP contribution in [0.4, 0.5) is 5.69 Å². The van der Waals surface area contributed by atoms with Crippen molar-refractivity contribution >= 4 is 51.6 Å². The molecule has 0 aromatic heterocycles. The number of nitrogens with zero attached hydrogens (tertiary/aromatic N) is 1. The minimum atomic E-state index is 0. The maximum Gasteiger partial charge on any atom is 0.193 e. The predicted octanol–water partition coefficient (Wildman–Crippen LogP) is 4.44. The number of aliphatic imine (C=N–C) groups is 1. The van der Waals surface area contributed by atoms with Gasteiger partial charge in [-0.15, -0.1) is 24.0 Å². The molecule has 2 aromatic rings. The van der Waals surface area contributed by atoms with E-state index in [1.165, 1.54) is 0 Å². The second kappa shape index (κ2) is 11.2. The van der Waals surface area contributed by atoms with Crippen molar-refractivity contribution in [1.29, 1.82) is 0 Å². The Labute approximate surface area is 174 Å². The van der Waals surface area contributed by atoms with Crippen molar-refractivity contribution in [3.05, 3.63) is 52.5 Å². The van der Waals surface area contributed by atoms with Gasteiger partial charge in [-0.1, -0.05) is 22.0 Å². The fraction of sp³-hybridized carbons (Fsp3) is 0.278. The van der Waals surface area contributed by atoms with E-state index in [1.807, 2.05) is 36.4 Å². The second-order valence-electron chi connectivity index (χ2n) is 5.18. The van der Waals surface area contributed by atoms with E-state index in [1.54, 1.807) is 14.2 Å². The van der Waals surface area contributed by atoms with E-state index in [9.17, 15) is 0 Å². The lowest BCUT2D eigenvalue weighted by Gasteiger charge is -2.09. The van der Waals surface area contributed by atoms with Crippen molar-refractivity contribution in [2.75, 3.05) is 26.1 Å². The molecule has 0 unspecified atom stereocenters. The van der Waals surface area contributed by atoms with Gasteiger partial charge in [0.2, 0.25) is 0 Å². The van der Waals surface area contributed by atoms with Crippen LogP contribution in [0.25, 0.3) is 0 Å². The van der Waals surface area contributed by atoms with E-state index < -0.39 is 0 Å². The average Bonchev–Trinajstić information content (AvgIpc) is 2.60. The molecule has 0 fully saturated rings. The average molecular weight is 520 g/mol. The van der Waals surface area contributed by atoms with Gasteiger partial charge >= 0.3 is 0 Å². The summed E-state index contributed by atoms with van der Waals surface area (Å²) >= 11 is 3.44. The molecule has 0 saturated heterocycles. The fourth-order valence-corrected chi connectivity index (χ4v) is 2.60. The Bertz CT molecular complexity index is 693. The number of methoxy groups -OCH3 is 2. The summed E-state index contributed by atoms with van der Waals surface area (Å²) in [7, 11) is 3.32. The summed E-state index contributed by atoms with van der Waals surface area (Å²) in [6, 6.07) is 13.6. The lowest BCUT2D eigenvalue weighted by molar-refractivity contribution is 0.409. The molecule has 0 spiro atoms. The van der Waals surface area contributed by atoms with E-state index in [4.69, 9.17) is 15.2 Å². The molecular weight excluding hydrogens is 497 g/mol. The molecule has 5 nitrogen and oxygen atoms in total. The predicted molar refractivity (Wildman–Crippen MR) is 118 cm³/mol. The summed E-state index contributed by atoms with van der Waals surface area (Å²) in [6.45, 7) is 0.647. The number of benzene rings is 2. The summed E-state index contributed by atoms with van der Waals surface area (Å²) in [6.07, 6.45) is 1.78. The number of nitrogens with one attached hydrogen (secondary N) is 1. The van der Waals surface area contributed by atoms with Gasteiger partial charge in [0.1, 0.15) is 11.5 Å². The number of rotatable bonds is 7. The third-order valence-electron chi connectivity index (χ3n) is 3.50. The first-order valence-electron chi connectivity index (χ1n) is 7.66. The summed E-state index contributed by atoms with van der Waals surface area (Å²) in [5, 5.41) is 3.06. The SMILES string of the molecule is COc1ccc(NC(N)=NCCCc2ccc(Br)cc2OC)cc1.I. The molecule has 0 aliphatic heterocycles. The van der Waals surface area contributed by atoms with Crippen LogP contribution in [0, 0.1) is 0 Å². The Morgan fingerprint density at radius 1 is 1.12 bits per heavy atom. The van der Waals surface area contributed by atoms with Gasteiger partial charge in [-0.2, -0.15) is 0 Å². The number of aryl methyl sites for hydroxylation is 1. The minimum Gasteiger partial charge on any atom is -0.497 e. The Hall–Kier alpha value is -1.48. The molecule has 0 atom stereocenters. The first kappa shape index (κ1) is 21.6. The molecule has 0 bridgehead atoms. The van der Waals surface area contributed by atoms with Crippen LogP contribution in [0.15, 0.2) is 51.9 Å². The molecule has 0 aliphatic carbocycles. The lowest BCUT2D eigenvalue weighted by Crippen LogP contribution is -2.22. The van der Waals surface area contributed by atoms with Gasteiger partial charge in [0.25, 0.3) is 0 Å². The largest absolute Gasteiger partial charge is 0.497 e. The maximum atomic E-state index is 5.91. The van der Waals surface area contributed by atoms with Crippen molar-refractivity contribution < 1.29 is 9.47 Å². The molecule has 0 radical (unpaired) electrons. The summed E-state index contributed by atoms with van der Waals surface area (Å²) in [5.41, 5.74) is 7.95. The topological polar surface area (TPSA) is 68.9 Å². The first-order chi connectivity index (χ1) is 11.6. The Morgan fingerprint density at radius 2 is 1.84 bits per heavy atom. The van der Waals surface area contributed by atoms with Gasteiger partial charge in [0.05, 0.1) is 14.2 Å². The molecule has 2 aromatic carbocycles. The third-order valence-corrected chi connectivity index (χ3v) is 3.99. The molecule has 0 amide bonds. The van der Waals surface area contributed by atoms with Crippen LogP contribution in [0.2, 0.25) is 0 Å². The molecule has 0 saturated carbocycles. The standard InChI is InChI=1S/C18H22BrN3O2.HI/c1-23-16-9-7-15(8-10-16)22-18(20)21-11-3-4-13-5-6-14(19)12-17(13)24-2;/h5-10,12H,3-4,11H2,1-2H3,(H3,20,21,22);1H. The van der Waals surface area contributed by atoms with Gasteiger partial charge in [0, 0.05) is 16.7 Å². The van der Waals surface area contributed by atoms with Gasteiger partial charge < -0.3 is 20.5 Å². The number of anilines is 1. The van der Waals surface area contributed by atoms with Crippen LogP contribution in [0.5, 0.6) is 11.5 Å². The summed E-state index contributed by atoms with van der Waals surface area (Å²) in [5.74, 6) is 2.10. The van der Waals surface area contributed by atoms with Crippen LogP contribution >= 0.6 is 39.9 Å². The van der Waals surface area contributed by atoms with Crippen molar-refractivity contribution in [3.8, 4) is 11.5 Å². The van der Waals surface area contributed by atoms with Crippen molar-refractivity contribution in [2.45, 2.75) is 12.8 Å². The summed E-state index contributed by atoms with van der Waals surface area (Å²) in [4.78, 5) is 4.35. The van der Waals surface area contributed by atoms with Gasteiger partial charge in [0.15, 0.2) is 5.96 Å². The zero-order valence-electron chi connectivity index (χ0n) is 14.3. The highest BCUT2D eigenvalue weighted by Crippen LogP contribution is 2.24. The second-order valence-corrected chi connectivity index (χ2v) is 6.10. The Kier molecular flexibility index (Phi) is 9.66. The number of ether oxygens (including phenoxy) is 2. The Balaban J connectivity index is 0.00000312. The first-order valence-corrected chi connectivity index (χ1v) is 8.45. The van der Waals surface area contributed by atoms with E-state index in [-0.39, 0.29) is 24.0 Å². The number of hydrogen-bond acceptors (Lipinski definition) is 3. The van der Waals surface area contributed by atoms with Crippen LogP contribution < -0.4 is 20.5 Å². The highest BCUT2D eigenvalue weighted by atomic mass is 127. The van der Waals surface area contributed by atoms with Crippen LogP contribution in [0.1, 0.15) is 12.0 Å². The van der Waals surface area contributed by atoms with Crippen molar-refractivity contribution in [1.82, 2.24) is 0 Å². The molecule has 7 heteroatoms. The van der Waals surface area contributed by atoms with Gasteiger partial charge in [-0.25, -0.2) is 0 Å². The number of hydrogen-bond donors (Lipinski definition) is 2. The van der Waals surface area contributed by atoms with Gasteiger partial charge in [-0.3, -0.25) is 4.99 Å².